The van der Waals surface area contributed by atoms with E-state index in [9.17, 15) is 0 Å². The summed E-state index contributed by atoms with van der Waals surface area (Å²) in [5, 5.41) is 0.550. The van der Waals surface area contributed by atoms with Gasteiger partial charge in [-0.05, 0) is 31.1 Å². The second-order valence-corrected chi connectivity index (χ2v) is 3.75. The molecule has 0 aromatic heterocycles. The van der Waals surface area contributed by atoms with Crippen LogP contribution in [0.5, 0.6) is 0 Å². The molecule has 1 heteroatoms. The van der Waals surface area contributed by atoms with E-state index in [1.807, 2.05) is 0 Å². The van der Waals surface area contributed by atoms with Crippen molar-refractivity contribution < 1.29 is 0 Å². The summed E-state index contributed by atoms with van der Waals surface area (Å²) < 4.78 is 0. The zero-order chi connectivity index (χ0) is 5.56. The quantitative estimate of drug-likeness (QED) is 0.442. The van der Waals surface area contributed by atoms with Gasteiger partial charge in [0.05, 0.1) is 0 Å². The molecule has 8 heavy (non-hydrogen) atoms. The SMILES string of the molecule is Cl[C@@H]1C[C@@H]2CC[C@@H]1C2. The molecule has 0 radical (unpaired) electrons. The van der Waals surface area contributed by atoms with E-state index in [-0.39, 0.29) is 0 Å². The predicted molar refractivity (Wildman–Crippen MR) is 35.1 cm³/mol. The Morgan fingerprint density at radius 3 is 2.25 bits per heavy atom. The molecule has 0 N–H and O–H groups in total. The summed E-state index contributed by atoms with van der Waals surface area (Å²) in [6.07, 6.45) is 5.63. The molecule has 0 aromatic rings. The first-order valence-corrected chi connectivity index (χ1v) is 3.94. The van der Waals surface area contributed by atoms with Gasteiger partial charge in [0.2, 0.25) is 0 Å². The molecule has 2 aliphatic rings. The molecule has 3 atom stereocenters. The average Bonchev–Trinajstić information content (AvgIpc) is 2.23. The number of hydrogen-bond donors (Lipinski definition) is 0. The first kappa shape index (κ1) is 5.10. The fourth-order valence-electron chi connectivity index (χ4n) is 2.17. The maximum Gasteiger partial charge on any atom is 0.0367 e. The third-order valence-corrected chi connectivity index (χ3v) is 3.19. The van der Waals surface area contributed by atoms with E-state index >= 15 is 0 Å². The Morgan fingerprint density at radius 2 is 2.00 bits per heavy atom. The number of rotatable bonds is 0. The molecular formula is C7H11Cl. The zero-order valence-electron chi connectivity index (χ0n) is 4.94. The van der Waals surface area contributed by atoms with E-state index in [2.05, 4.69) is 0 Å². The molecule has 46 valence electrons. The van der Waals surface area contributed by atoms with E-state index in [1.165, 1.54) is 25.7 Å². The van der Waals surface area contributed by atoms with Crippen LogP contribution in [0.3, 0.4) is 0 Å². The molecule has 0 amide bonds. The van der Waals surface area contributed by atoms with Crippen molar-refractivity contribution in [3.05, 3.63) is 0 Å². The van der Waals surface area contributed by atoms with Crippen LogP contribution in [0, 0.1) is 11.8 Å². The van der Waals surface area contributed by atoms with Crippen LogP contribution in [0.2, 0.25) is 0 Å². The van der Waals surface area contributed by atoms with Crippen molar-refractivity contribution in [2.45, 2.75) is 31.1 Å². The van der Waals surface area contributed by atoms with E-state index in [0.717, 1.165) is 11.8 Å². The summed E-state index contributed by atoms with van der Waals surface area (Å²) >= 11 is 6.01. The predicted octanol–water partition coefficient (Wildman–Crippen LogP) is 2.41. The minimum atomic E-state index is 0.550. The van der Waals surface area contributed by atoms with E-state index in [4.69, 9.17) is 11.6 Å². The number of fused-ring (bicyclic) bond motifs is 2. The Balaban J connectivity index is 2.11. The highest BCUT2D eigenvalue weighted by Crippen LogP contribution is 2.46. The second kappa shape index (κ2) is 1.63. The van der Waals surface area contributed by atoms with E-state index in [1.54, 1.807) is 0 Å². The zero-order valence-corrected chi connectivity index (χ0v) is 5.69. The highest BCUT2D eigenvalue weighted by Gasteiger charge is 2.38. The molecular weight excluding hydrogens is 120 g/mol. The molecule has 0 nitrogen and oxygen atoms in total. The van der Waals surface area contributed by atoms with Gasteiger partial charge in [0, 0.05) is 5.38 Å². The molecule has 2 aliphatic carbocycles. The number of hydrogen-bond acceptors (Lipinski definition) is 0. The standard InChI is InChI=1S/C7H11Cl/c8-7-4-5-1-2-6(7)3-5/h5-7H,1-4H2/t5-,6-,7-/m1/s1. The number of alkyl halides is 1. The molecule has 0 heterocycles. The van der Waals surface area contributed by atoms with Crippen molar-refractivity contribution >= 4 is 11.6 Å². The fourth-order valence-corrected chi connectivity index (χ4v) is 2.65. The topological polar surface area (TPSA) is 0 Å². The lowest BCUT2D eigenvalue weighted by Crippen LogP contribution is -2.08. The minimum absolute atomic E-state index is 0.550. The molecule has 0 saturated heterocycles. The Bertz CT molecular complexity index is 98.6. The van der Waals surface area contributed by atoms with Crippen molar-refractivity contribution in [3.8, 4) is 0 Å². The van der Waals surface area contributed by atoms with Crippen LogP contribution in [0.25, 0.3) is 0 Å². The average molecular weight is 131 g/mol. The highest BCUT2D eigenvalue weighted by molar-refractivity contribution is 6.21. The Kier molecular flexibility index (Phi) is 1.04. The Labute approximate surface area is 55.2 Å². The van der Waals surface area contributed by atoms with Gasteiger partial charge in [-0.25, -0.2) is 0 Å². The molecule has 0 spiro atoms. The summed E-state index contributed by atoms with van der Waals surface area (Å²) in [7, 11) is 0. The fraction of sp³-hybridized carbons (Fsp3) is 1.00. The van der Waals surface area contributed by atoms with Crippen molar-refractivity contribution in [1.82, 2.24) is 0 Å². The van der Waals surface area contributed by atoms with Gasteiger partial charge in [0.1, 0.15) is 0 Å². The maximum atomic E-state index is 6.01. The summed E-state index contributed by atoms with van der Waals surface area (Å²) in [6.45, 7) is 0. The molecule has 0 aliphatic heterocycles. The molecule has 2 saturated carbocycles. The first-order chi connectivity index (χ1) is 3.86. The molecule has 0 unspecified atom stereocenters. The molecule has 0 aromatic carbocycles. The van der Waals surface area contributed by atoms with Crippen LogP contribution in [-0.2, 0) is 0 Å². The summed E-state index contributed by atoms with van der Waals surface area (Å²) in [5.74, 6) is 1.92. The summed E-state index contributed by atoms with van der Waals surface area (Å²) in [5.41, 5.74) is 0. The van der Waals surface area contributed by atoms with Crippen molar-refractivity contribution in [1.29, 1.82) is 0 Å². The monoisotopic (exact) mass is 130 g/mol. The lowest BCUT2D eigenvalue weighted by Gasteiger charge is -2.13. The van der Waals surface area contributed by atoms with Gasteiger partial charge in [-0.1, -0.05) is 6.42 Å². The number of halogens is 1. The van der Waals surface area contributed by atoms with E-state index < -0.39 is 0 Å². The van der Waals surface area contributed by atoms with Crippen LogP contribution in [0.1, 0.15) is 25.7 Å². The third-order valence-electron chi connectivity index (χ3n) is 2.65. The molecule has 2 bridgehead atoms. The van der Waals surface area contributed by atoms with Crippen molar-refractivity contribution in [2.24, 2.45) is 11.8 Å². The molecule has 2 rings (SSSR count). The van der Waals surface area contributed by atoms with Gasteiger partial charge in [0.25, 0.3) is 0 Å². The molecule has 2 fully saturated rings. The summed E-state index contributed by atoms with van der Waals surface area (Å²) in [4.78, 5) is 0. The van der Waals surface area contributed by atoms with Crippen LogP contribution < -0.4 is 0 Å². The Hall–Kier alpha value is 0.290. The largest absolute Gasteiger partial charge is 0.123 e. The second-order valence-electron chi connectivity index (χ2n) is 3.19. The van der Waals surface area contributed by atoms with Gasteiger partial charge in [-0.15, -0.1) is 11.6 Å². The van der Waals surface area contributed by atoms with Crippen molar-refractivity contribution in [2.75, 3.05) is 0 Å². The minimum Gasteiger partial charge on any atom is -0.123 e. The summed E-state index contributed by atoms with van der Waals surface area (Å²) in [6, 6.07) is 0. The lowest BCUT2D eigenvalue weighted by atomic mass is 10.0. The van der Waals surface area contributed by atoms with Crippen LogP contribution in [-0.4, -0.2) is 5.38 Å². The van der Waals surface area contributed by atoms with Gasteiger partial charge in [-0.2, -0.15) is 0 Å². The van der Waals surface area contributed by atoms with Gasteiger partial charge in [-0.3, -0.25) is 0 Å². The van der Waals surface area contributed by atoms with Crippen LogP contribution >= 0.6 is 11.6 Å². The third kappa shape index (κ3) is 0.589. The first-order valence-electron chi connectivity index (χ1n) is 3.50. The van der Waals surface area contributed by atoms with E-state index in [0.29, 0.717) is 5.38 Å². The lowest BCUT2D eigenvalue weighted by molar-refractivity contribution is 0.487. The normalized spacial score (nSPS) is 52.9. The van der Waals surface area contributed by atoms with Gasteiger partial charge >= 0.3 is 0 Å². The van der Waals surface area contributed by atoms with Crippen LogP contribution in [0.4, 0.5) is 0 Å². The maximum absolute atomic E-state index is 6.01. The highest BCUT2D eigenvalue weighted by atomic mass is 35.5. The Morgan fingerprint density at radius 1 is 1.12 bits per heavy atom. The smallest absolute Gasteiger partial charge is 0.0367 e. The van der Waals surface area contributed by atoms with Gasteiger partial charge in [0.15, 0.2) is 0 Å². The van der Waals surface area contributed by atoms with Crippen molar-refractivity contribution in [3.63, 3.8) is 0 Å². The van der Waals surface area contributed by atoms with Crippen LogP contribution in [0.15, 0.2) is 0 Å². The van der Waals surface area contributed by atoms with Gasteiger partial charge < -0.3 is 0 Å².